The third kappa shape index (κ3) is 2.43. The van der Waals surface area contributed by atoms with Gasteiger partial charge in [0.05, 0.1) is 17.1 Å². The summed E-state index contributed by atoms with van der Waals surface area (Å²) in [4.78, 5) is 3.69. The second kappa shape index (κ2) is 4.51. The molecule has 2 heterocycles. The summed E-state index contributed by atoms with van der Waals surface area (Å²) >= 11 is 5.62. The van der Waals surface area contributed by atoms with E-state index in [2.05, 4.69) is 4.98 Å². The first-order valence-corrected chi connectivity index (χ1v) is 6.71. The Morgan fingerprint density at radius 3 is 2.47 bits per heavy atom. The SMILES string of the molecule is O=S(=O)(c1ccnc(Cl)c1)N1CC(O)C(O)C1. The second-order valence-corrected chi connectivity index (χ2v) is 6.10. The van der Waals surface area contributed by atoms with E-state index in [1.165, 1.54) is 18.3 Å². The molecule has 1 aromatic heterocycles. The van der Waals surface area contributed by atoms with E-state index in [-0.39, 0.29) is 23.1 Å². The largest absolute Gasteiger partial charge is 0.389 e. The molecule has 2 N–H and O–H groups in total. The van der Waals surface area contributed by atoms with Crippen LogP contribution in [0.5, 0.6) is 0 Å². The van der Waals surface area contributed by atoms with Crippen LogP contribution < -0.4 is 0 Å². The predicted octanol–water partition coefficient (Wildman–Crippen LogP) is -0.539. The molecular weight excluding hydrogens is 268 g/mol. The van der Waals surface area contributed by atoms with Crippen LogP contribution in [0.15, 0.2) is 23.2 Å². The van der Waals surface area contributed by atoms with Gasteiger partial charge in [0.15, 0.2) is 0 Å². The van der Waals surface area contributed by atoms with Crippen LogP contribution in [-0.4, -0.2) is 53.2 Å². The number of halogens is 1. The van der Waals surface area contributed by atoms with Crippen molar-refractivity contribution in [1.29, 1.82) is 0 Å². The van der Waals surface area contributed by atoms with Crippen molar-refractivity contribution in [3.8, 4) is 0 Å². The Balaban J connectivity index is 2.32. The third-order valence-electron chi connectivity index (χ3n) is 2.56. The first-order chi connectivity index (χ1) is 7.91. The summed E-state index contributed by atoms with van der Waals surface area (Å²) in [7, 11) is -3.74. The first kappa shape index (κ1) is 12.7. The van der Waals surface area contributed by atoms with Crippen LogP contribution in [0.25, 0.3) is 0 Å². The van der Waals surface area contributed by atoms with Crippen molar-refractivity contribution in [2.75, 3.05) is 13.1 Å². The highest BCUT2D eigenvalue weighted by Crippen LogP contribution is 2.22. The molecule has 2 unspecified atom stereocenters. The minimum atomic E-state index is -3.74. The lowest BCUT2D eigenvalue weighted by Gasteiger charge is -2.15. The number of sulfonamides is 1. The van der Waals surface area contributed by atoms with E-state index in [1.807, 2.05) is 0 Å². The Hall–Kier alpha value is -0.730. The lowest BCUT2D eigenvalue weighted by atomic mass is 10.3. The van der Waals surface area contributed by atoms with Gasteiger partial charge in [-0.2, -0.15) is 4.31 Å². The van der Waals surface area contributed by atoms with E-state index in [0.717, 1.165) is 4.31 Å². The van der Waals surface area contributed by atoms with Crippen LogP contribution in [0.2, 0.25) is 5.15 Å². The predicted molar refractivity (Wildman–Crippen MR) is 60.0 cm³/mol. The Morgan fingerprint density at radius 1 is 1.35 bits per heavy atom. The molecule has 8 heteroatoms. The lowest BCUT2D eigenvalue weighted by molar-refractivity contribution is 0.0572. The molecule has 1 aliphatic rings. The fourth-order valence-corrected chi connectivity index (χ4v) is 3.35. The van der Waals surface area contributed by atoms with Crippen molar-refractivity contribution in [1.82, 2.24) is 9.29 Å². The summed E-state index contributed by atoms with van der Waals surface area (Å²) in [5.41, 5.74) is 0. The topological polar surface area (TPSA) is 90.7 Å². The molecule has 2 atom stereocenters. The minimum absolute atomic E-state index is 0.00111. The summed E-state index contributed by atoms with van der Waals surface area (Å²) in [6, 6.07) is 2.55. The van der Waals surface area contributed by atoms with Gasteiger partial charge in [-0.05, 0) is 12.1 Å². The van der Waals surface area contributed by atoms with Crippen LogP contribution in [-0.2, 0) is 10.0 Å². The fourth-order valence-electron chi connectivity index (χ4n) is 1.63. The highest BCUT2D eigenvalue weighted by atomic mass is 35.5. The molecule has 0 spiro atoms. The molecule has 17 heavy (non-hydrogen) atoms. The van der Waals surface area contributed by atoms with Crippen molar-refractivity contribution in [3.05, 3.63) is 23.5 Å². The van der Waals surface area contributed by atoms with Crippen LogP contribution in [0.1, 0.15) is 0 Å². The zero-order valence-corrected chi connectivity index (χ0v) is 10.3. The Labute approximate surface area is 104 Å². The molecule has 94 valence electrons. The van der Waals surface area contributed by atoms with E-state index < -0.39 is 22.2 Å². The Kier molecular flexibility index (Phi) is 3.37. The monoisotopic (exact) mass is 278 g/mol. The van der Waals surface area contributed by atoms with Gasteiger partial charge < -0.3 is 10.2 Å². The van der Waals surface area contributed by atoms with Gasteiger partial charge in [0.1, 0.15) is 5.15 Å². The van der Waals surface area contributed by atoms with E-state index >= 15 is 0 Å². The van der Waals surface area contributed by atoms with Crippen molar-refractivity contribution < 1.29 is 18.6 Å². The molecule has 0 radical (unpaired) electrons. The van der Waals surface area contributed by atoms with Crippen LogP contribution in [0, 0.1) is 0 Å². The smallest absolute Gasteiger partial charge is 0.243 e. The van der Waals surface area contributed by atoms with Crippen LogP contribution in [0.4, 0.5) is 0 Å². The van der Waals surface area contributed by atoms with Gasteiger partial charge in [-0.15, -0.1) is 0 Å². The normalized spacial score (nSPS) is 26.3. The zero-order chi connectivity index (χ0) is 12.6. The molecule has 1 aromatic rings. The molecule has 0 aliphatic carbocycles. The van der Waals surface area contributed by atoms with E-state index in [1.54, 1.807) is 0 Å². The summed E-state index contributed by atoms with van der Waals surface area (Å²) in [5.74, 6) is 0. The Morgan fingerprint density at radius 2 is 1.94 bits per heavy atom. The molecule has 2 rings (SSSR count). The number of hydrogen-bond acceptors (Lipinski definition) is 5. The van der Waals surface area contributed by atoms with E-state index in [0.29, 0.717) is 0 Å². The standard InChI is InChI=1S/C9H11ClN2O4S/c10-9-3-6(1-2-11-9)17(15,16)12-4-7(13)8(14)5-12/h1-3,7-8,13-14H,4-5H2. The van der Waals surface area contributed by atoms with Crippen molar-refractivity contribution in [2.24, 2.45) is 0 Å². The van der Waals surface area contributed by atoms with Gasteiger partial charge in [0.2, 0.25) is 10.0 Å². The number of rotatable bonds is 2. The number of pyridine rings is 1. The quantitative estimate of drug-likeness (QED) is 0.709. The van der Waals surface area contributed by atoms with Gasteiger partial charge in [-0.25, -0.2) is 13.4 Å². The van der Waals surface area contributed by atoms with Crippen molar-refractivity contribution in [2.45, 2.75) is 17.1 Å². The van der Waals surface area contributed by atoms with Gasteiger partial charge in [0, 0.05) is 19.3 Å². The average Bonchev–Trinajstić information content (AvgIpc) is 2.60. The van der Waals surface area contributed by atoms with Gasteiger partial charge in [-0.3, -0.25) is 0 Å². The molecule has 6 nitrogen and oxygen atoms in total. The maximum Gasteiger partial charge on any atom is 0.243 e. The third-order valence-corrected chi connectivity index (χ3v) is 4.60. The van der Waals surface area contributed by atoms with Crippen molar-refractivity contribution in [3.63, 3.8) is 0 Å². The molecule has 0 bridgehead atoms. The average molecular weight is 279 g/mol. The highest BCUT2D eigenvalue weighted by molar-refractivity contribution is 7.89. The number of aliphatic hydroxyl groups excluding tert-OH is 2. The number of aliphatic hydroxyl groups is 2. The molecule has 1 fully saturated rings. The number of aromatic nitrogens is 1. The van der Waals surface area contributed by atoms with Gasteiger partial charge in [-0.1, -0.05) is 11.6 Å². The summed E-state index contributed by atoms with van der Waals surface area (Å²) < 4.78 is 25.2. The Bertz CT molecular complexity index is 511. The maximum atomic E-state index is 12.1. The van der Waals surface area contributed by atoms with Crippen molar-refractivity contribution >= 4 is 21.6 Å². The minimum Gasteiger partial charge on any atom is -0.389 e. The summed E-state index contributed by atoms with van der Waals surface area (Å²) in [6.45, 7) is -0.243. The van der Waals surface area contributed by atoms with Crippen LogP contribution >= 0.6 is 11.6 Å². The molecule has 1 saturated heterocycles. The summed E-state index contributed by atoms with van der Waals surface area (Å²) in [6.07, 6.45) is -0.817. The van der Waals surface area contributed by atoms with E-state index in [9.17, 15) is 18.6 Å². The number of nitrogens with zero attached hydrogens (tertiary/aromatic N) is 2. The molecule has 0 aromatic carbocycles. The van der Waals surface area contributed by atoms with Gasteiger partial charge in [0.25, 0.3) is 0 Å². The maximum absolute atomic E-state index is 12.1. The molecule has 1 aliphatic heterocycles. The fraction of sp³-hybridized carbons (Fsp3) is 0.444. The molecular formula is C9H11ClN2O4S. The molecule has 0 amide bonds. The number of hydrogen-bond donors (Lipinski definition) is 2. The molecule has 0 saturated carbocycles. The first-order valence-electron chi connectivity index (χ1n) is 4.89. The second-order valence-electron chi connectivity index (χ2n) is 3.77. The lowest BCUT2D eigenvalue weighted by Crippen LogP contribution is -2.30. The number of β-amino-alcohol motifs (C(OH)–C–C–N with tert-alkyl or cyclic N) is 2. The van der Waals surface area contributed by atoms with Gasteiger partial charge >= 0.3 is 0 Å². The highest BCUT2D eigenvalue weighted by Gasteiger charge is 2.37. The summed E-state index contributed by atoms with van der Waals surface area (Å²) in [5, 5.41) is 18.8. The van der Waals surface area contributed by atoms with Crippen LogP contribution in [0.3, 0.4) is 0 Å². The van der Waals surface area contributed by atoms with E-state index in [4.69, 9.17) is 11.6 Å². The zero-order valence-electron chi connectivity index (χ0n) is 8.69.